The lowest BCUT2D eigenvalue weighted by Crippen LogP contribution is -2.41. The number of nitrogens with zero attached hydrogens (tertiary/aromatic N) is 2. The molecule has 0 aliphatic heterocycles. The van der Waals surface area contributed by atoms with Crippen LogP contribution in [0.4, 0.5) is 0 Å². The van der Waals surface area contributed by atoms with E-state index in [4.69, 9.17) is 0 Å². The molecule has 0 saturated heterocycles. The molecule has 1 aromatic carbocycles. The van der Waals surface area contributed by atoms with Crippen molar-refractivity contribution in [2.24, 2.45) is 5.92 Å². The first-order chi connectivity index (χ1) is 10.6. The first-order valence-electron chi connectivity index (χ1n) is 7.98. The van der Waals surface area contributed by atoms with Crippen LogP contribution < -0.4 is 11.1 Å². The van der Waals surface area contributed by atoms with E-state index in [1.54, 1.807) is 17.0 Å². The third-order valence-corrected chi connectivity index (χ3v) is 4.58. The van der Waals surface area contributed by atoms with Crippen LogP contribution >= 0.6 is 0 Å². The van der Waals surface area contributed by atoms with E-state index < -0.39 is 11.1 Å². The Bertz CT molecular complexity index is 765. The van der Waals surface area contributed by atoms with E-state index in [2.05, 4.69) is 13.8 Å². The molecule has 0 unspecified atom stereocenters. The zero-order valence-corrected chi connectivity index (χ0v) is 13.2. The third kappa shape index (κ3) is 2.78. The Kier molecular flexibility index (Phi) is 4.01. The summed E-state index contributed by atoms with van der Waals surface area (Å²) in [5.41, 5.74) is 1.05. The Labute approximate surface area is 130 Å². The maximum atomic E-state index is 12.3. The molecule has 1 aliphatic carbocycles. The van der Waals surface area contributed by atoms with Crippen molar-refractivity contribution in [3.63, 3.8) is 0 Å². The zero-order valence-electron chi connectivity index (χ0n) is 13.2. The highest BCUT2D eigenvalue weighted by molar-refractivity contribution is 5.35. The lowest BCUT2D eigenvalue weighted by molar-refractivity contribution is 0.272. The lowest BCUT2D eigenvalue weighted by Gasteiger charge is -2.25. The summed E-state index contributed by atoms with van der Waals surface area (Å²) in [4.78, 5) is 24.6. The van der Waals surface area contributed by atoms with Crippen LogP contribution in [0, 0.1) is 5.92 Å². The topological polar surface area (TPSA) is 44.0 Å². The van der Waals surface area contributed by atoms with Gasteiger partial charge in [0.2, 0.25) is 0 Å². The molecule has 1 saturated carbocycles. The average Bonchev–Trinajstić information content (AvgIpc) is 2.47. The minimum atomic E-state index is -0.473. The van der Waals surface area contributed by atoms with Crippen LogP contribution in [0.1, 0.15) is 44.6 Å². The summed E-state index contributed by atoms with van der Waals surface area (Å²) in [6.45, 7) is 4.92. The van der Waals surface area contributed by atoms with Crippen molar-refractivity contribution in [1.82, 2.24) is 9.13 Å². The molecule has 4 nitrogen and oxygen atoms in total. The van der Waals surface area contributed by atoms with Crippen molar-refractivity contribution < 1.29 is 0 Å². The van der Waals surface area contributed by atoms with Crippen molar-refractivity contribution in [2.45, 2.75) is 45.6 Å². The Morgan fingerprint density at radius 3 is 2.27 bits per heavy atom. The molecule has 3 rings (SSSR count). The van der Waals surface area contributed by atoms with Crippen LogP contribution in [0.15, 0.2) is 46.2 Å². The normalized spacial score (nSPS) is 15.0. The minimum Gasteiger partial charge on any atom is -0.309 e. The van der Waals surface area contributed by atoms with Crippen molar-refractivity contribution in [1.29, 1.82) is 0 Å². The van der Waals surface area contributed by atoms with Crippen molar-refractivity contribution in [2.75, 3.05) is 0 Å². The van der Waals surface area contributed by atoms with Crippen LogP contribution in [0.25, 0.3) is 5.69 Å². The van der Waals surface area contributed by atoms with E-state index in [1.165, 1.54) is 16.6 Å². The predicted molar refractivity (Wildman–Crippen MR) is 87.7 cm³/mol. The summed E-state index contributed by atoms with van der Waals surface area (Å²) < 4.78 is 2.99. The molecule has 0 bridgehead atoms. The predicted octanol–water partition coefficient (Wildman–Crippen LogP) is 2.92. The summed E-state index contributed by atoms with van der Waals surface area (Å²) >= 11 is 0. The van der Waals surface area contributed by atoms with Gasteiger partial charge in [0.05, 0.1) is 0 Å². The minimum absolute atomic E-state index is 0.428. The van der Waals surface area contributed by atoms with Gasteiger partial charge in [0.1, 0.15) is 0 Å². The van der Waals surface area contributed by atoms with E-state index >= 15 is 0 Å². The second-order valence-corrected chi connectivity index (χ2v) is 6.47. The molecular weight excluding hydrogens is 276 g/mol. The van der Waals surface area contributed by atoms with E-state index in [-0.39, 0.29) is 0 Å². The Morgan fingerprint density at radius 2 is 1.73 bits per heavy atom. The van der Waals surface area contributed by atoms with Gasteiger partial charge in [0.25, 0.3) is 0 Å². The molecule has 0 N–H and O–H groups in total. The molecule has 1 aromatic heterocycles. The van der Waals surface area contributed by atoms with Gasteiger partial charge in [-0.15, -0.1) is 0 Å². The maximum Gasteiger partial charge on any atom is 0.320 e. The molecule has 0 amide bonds. The second-order valence-electron chi connectivity index (χ2n) is 6.47. The van der Waals surface area contributed by atoms with Gasteiger partial charge in [0.15, 0.2) is 0 Å². The average molecular weight is 298 g/mol. The third-order valence-electron chi connectivity index (χ3n) is 4.58. The van der Waals surface area contributed by atoms with E-state index in [9.17, 15) is 9.59 Å². The SMILES string of the molecule is CC(C)c1ccc(-n2ccn(CC3CCC3)c(=O)c2=O)cc1. The van der Waals surface area contributed by atoms with Gasteiger partial charge in [-0.25, -0.2) is 0 Å². The Balaban J connectivity index is 1.92. The quantitative estimate of drug-likeness (QED) is 0.815. The van der Waals surface area contributed by atoms with Gasteiger partial charge in [-0.3, -0.25) is 14.2 Å². The van der Waals surface area contributed by atoms with Gasteiger partial charge in [-0.05, 0) is 42.4 Å². The largest absolute Gasteiger partial charge is 0.320 e. The molecule has 116 valence electrons. The summed E-state index contributed by atoms with van der Waals surface area (Å²) in [6, 6.07) is 7.80. The monoisotopic (exact) mass is 298 g/mol. The highest BCUT2D eigenvalue weighted by Gasteiger charge is 2.19. The van der Waals surface area contributed by atoms with Gasteiger partial charge in [-0.2, -0.15) is 0 Å². The number of hydrogen-bond acceptors (Lipinski definition) is 2. The van der Waals surface area contributed by atoms with Gasteiger partial charge >= 0.3 is 11.1 Å². The summed E-state index contributed by atoms with van der Waals surface area (Å²) in [5.74, 6) is 1.000. The lowest BCUT2D eigenvalue weighted by atomic mass is 9.85. The molecule has 0 atom stereocenters. The van der Waals surface area contributed by atoms with Crippen LogP contribution in [0.3, 0.4) is 0 Å². The molecule has 1 fully saturated rings. The van der Waals surface area contributed by atoms with Crippen LogP contribution in [0.2, 0.25) is 0 Å². The molecule has 1 heterocycles. The molecule has 4 heteroatoms. The van der Waals surface area contributed by atoms with Gasteiger partial charge < -0.3 is 4.57 Å². The fourth-order valence-electron chi connectivity index (χ4n) is 2.83. The highest BCUT2D eigenvalue weighted by atomic mass is 16.2. The Morgan fingerprint density at radius 1 is 1.05 bits per heavy atom. The second kappa shape index (κ2) is 5.95. The molecular formula is C18H22N2O2. The zero-order chi connectivity index (χ0) is 15.7. The molecule has 0 radical (unpaired) electrons. The molecule has 0 spiro atoms. The van der Waals surface area contributed by atoms with Crippen LogP contribution in [-0.2, 0) is 6.54 Å². The standard InChI is InChI=1S/C18H22N2O2/c1-13(2)15-6-8-16(9-7-15)20-11-10-19(17(21)18(20)22)12-14-4-3-5-14/h6-11,13-14H,3-5,12H2,1-2H3. The van der Waals surface area contributed by atoms with E-state index in [1.807, 2.05) is 24.3 Å². The van der Waals surface area contributed by atoms with Gasteiger partial charge in [-0.1, -0.05) is 32.4 Å². The van der Waals surface area contributed by atoms with E-state index in [0.717, 1.165) is 18.5 Å². The van der Waals surface area contributed by atoms with Crippen molar-refractivity contribution >= 4 is 0 Å². The molecule has 22 heavy (non-hydrogen) atoms. The molecule has 2 aromatic rings. The fourth-order valence-corrected chi connectivity index (χ4v) is 2.83. The van der Waals surface area contributed by atoms with Crippen molar-refractivity contribution in [3.05, 3.63) is 62.9 Å². The number of rotatable bonds is 4. The van der Waals surface area contributed by atoms with E-state index in [0.29, 0.717) is 18.4 Å². The molecule has 1 aliphatic rings. The Hall–Kier alpha value is -2.10. The fraction of sp³-hybridized carbons (Fsp3) is 0.444. The van der Waals surface area contributed by atoms with Gasteiger partial charge in [0, 0.05) is 24.6 Å². The van der Waals surface area contributed by atoms with Crippen LogP contribution in [0.5, 0.6) is 0 Å². The summed E-state index contributed by atoms with van der Waals surface area (Å²) in [5, 5.41) is 0. The smallest absolute Gasteiger partial charge is 0.309 e. The maximum absolute atomic E-state index is 12.3. The summed E-state index contributed by atoms with van der Waals surface area (Å²) in [6.07, 6.45) is 6.99. The number of aromatic nitrogens is 2. The number of hydrogen-bond donors (Lipinski definition) is 0. The van der Waals surface area contributed by atoms with Crippen molar-refractivity contribution in [3.8, 4) is 5.69 Å². The first-order valence-corrected chi connectivity index (χ1v) is 7.98. The summed E-state index contributed by atoms with van der Waals surface area (Å²) in [7, 11) is 0. The van der Waals surface area contributed by atoms with Crippen LogP contribution in [-0.4, -0.2) is 9.13 Å². The number of benzene rings is 1. The first kappa shape index (κ1) is 14.8. The highest BCUT2D eigenvalue weighted by Crippen LogP contribution is 2.27.